The molecule has 1 aromatic heterocycles. The summed E-state index contributed by atoms with van der Waals surface area (Å²) in [5, 5.41) is 5.05. The van der Waals surface area contributed by atoms with Gasteiger partial charge in [-0.05, 0) is 57.0 Å². The van der Waals surface area contributed by atoms with E-state index in [1.54, 1.807) is 12.1 Å². The van der Waals surface area contributed by atoms with Crippen molar-refractivity contribution in [1.82, 2.24) is 15.4 Å². The smallest absolute Gasteiger partial charge is 0.250 e. The summed E-state index contributed by atoms with van der Waals surface area (Å²) in [6, 6.07) is 7.26. The van der Waals surface area contributed by atoms with E-state index in [0.29, 0.717) is 15.9 Å². The van der Waals surface area contributed by atoms with Crippen LogP contribution in [0.4, 0.5) is 0 Å². The van der Waals surface area contributed by atoms with Gasteiger partial charge in [0.2, 0.25) is 0 Å². The van der Waals surface area contributed by atoms with E-state index >= 15 is 0 Å². The third kappa shape index (κ3) is 7.19. The van der Waals surface area contributed by atoms with E-state index in [1.165, 1.54) is 18.0 Å². The van der Waals surface area contributed by atoms with Crippen molar-refractivity contribution in [3.8, 4) is 5.75 Å². The third-order valence-corrected chi connectivity index (χ3v) is 4.70. The first-order chi connectivity index (χ1) is 12.9. The lowest BCUT2D eigenvalue weighted by molar-refractivity contribution is -0.118. The number of hydrogen-bond acceptors (Lipinski definition) is 6. The van der Waals surface area contributed by atoms with Crippen LogP contribution in [0.15, 0.2) is 34.5 Å². The second-order valence-corrected chi connectivity index (χ2v) is 7.39. The first kappa shape index (κ1) is 21.2. The van der Waals surface area contributed by atoms with Gasteiger partial charge >= 0.3 is 0 Å². The van der Waals surface area contributed by atoms with Gasteiger partial charge in [-0.2, -0.15) is 5.10 Å². The third-order valence-electron chi connectivity index (χ3n) is 3.56. The Hall–Kier alpha value is -2.12. The minimum Gasteiger partial charge on any atom is -0.489 e. The van der Waals surface area contributed by atoms with Gasteiger partial charge in [0.1, 0.15) is 5.75 Å². The zero-order valence-corrected chi connectivity index (χ0v) is 17.4. The molecule has 0 saturated carbocycles. The lowest BCUT2D eigenvalue weighted by atomic mass is 10.2. The molecule has 0 bridgehead atoms. The lowest BCUT2D eigenvalue weighted by Crippen LogP contribution is -2.19. The van der Waals surface area contributed by atoms with Crippen LogP contribution < -0.4 is 10.2 Å². The number of hydrogen-bond donors (Lipinski definition) is 1. The summed E-state index contributed by atoms with van der Waals surface area (Å²) in [7, 11) is 0. The highest BCUT2D eigenvalue weighted by Gasteiger charge is 2.07. The number of hydrazone groups is 1. The number of ether oxygens (including phenoxy) is 1. The lowest BCUT2D eigenvalue weighted by Gasteiger charge is -2.13. The van der Waals surface area contributed by atoms with Crippen LogP contribution >= 0.6 is 23.4 Å². The number of halogens is 1. The first-order valence-corrected chi connectivity index (χ1v) is 9.97. The molecule has 0 radical (unpaired) electrons. The van der Waals surface area contributed by atoms with E-state index in [0.717, 1.165) is 23.4 Å². The van der Waals surface area contributed by atoms with Crippen LogP contribution in [0.3, 0.4) is 0 Å². The Morgan fingerprint density at radius 2 is 2.04 bits per heavy atom. The summed E-state index contributed by atoms with van der Waals surface area (Å²) >= 11 is 7.49. The molecule has 2 rings (SSSR count). The number of amides is 1. The maximum absolute atomic E-state index is 11.9. The van der Waals surface area contributed by atoms with Gasteiger partial charge in [-0.25, -0.2) is 15.4 Å². The summed E-state index contributed by atoms with van der Waals surface area (Å²) < 4.78 is 5.72. The van der Waals surface area contributed by atoms with E-state index in [4.69, 9.17) is 16.3 Å². The molecule has 0 saturated heterocycles. The maximum Gasteiger partial charge on any atom is 0.250 e. The fourth-order valence-electron chi connectivity index (χ4n) is 2.09. The van der Waals surface area contributed by atoms with Crippen LogP contribution in [0.25, 0.3) is 0 Å². The summed E-state index contributed by atoms with van der Waals surface area (Å²) in [6.45, 7) is 7.83. The minimum absolute atomic E-state index is 0.0972. The van der Waals surface area contributed by atoms with Crippen LogP contribution in [0.5, 0.6) is 5.75 Å². The Bertz CT molecular complexity index is 809. The van der Waals surface area contributed by atoms with Crippen molar-refractivity contribution in [3.63, 3.8) is 0 Å². The van der Waals surface area contributed by atoms with Crippen molar-refractivity contribution < 1.29 is 9.53 Å². The highest BCUT2D eigenvalue weighted by Crippen LogP contribution is 2.26. The van der Waals surface area contributed by atoms with E-state index < -0.39 is 0 Å². The van der Waals surface area contributed by atoms with E-state index in [-0.39, 0.29) is 17.8 Å². The van der Waals surface area contributed by atoms with Gasteiger partial charge in [0.05, 0.1) is 23.1 Å². The highest BCUT2D eigenvalue weighted by molar-refractivity contribution is 7.99. The molecule has 0 aliphatic carbocycles. The van der Waals surface area contributed by atoms with E-state index in [1.807, 2.05) is 39.8 Å². The van der Waals surface area contributed by atoms with Crippen LogP contribution in [-0.4, -0.2) is 33.9 Å². The molecular weight excluding hydrogens is 384 g/mol. The Morgan fingerprint density at radius 1 is 1.33 bits per heavy atom. The van der Waals surface area contributed by atoms with Gasteiger partial charge in [-0.1, -0.05) is 30.3 Å². The second kappa shape index (κ2) is 10.3. The monoisotopic (exact) mass is 406 g/mol. The Morgan fingerprint density at radius 3 is 2.67 bits per heavy atom. The number of thioether (sulfide) groups is 1. The minimum atomic E-state index is -0.234. The number of carbonyl (C=O) groups excluding carboxylic acids is 1. The van der Waals surface area contributed by atoms with Crippen LogP contribution in [-0.2, 0) is 4.79 Å². The van der Waals surface area contributed by atoms with Crippen molar-refractivity contribution in [2.75, 3.05) is 5.75 Å². The van der Waals surface area contributed by atoms with Crippen molar-refractivity contribution >= 4 is 35.5 Å². The number of nitrogens with one attached hydrogen (secondary N) is 1. The number of aromatic nitrogens is 2. The molecule has 144 valence electrons. The van der Waals surface area contributed by atoms with Crippen molar-refractivity contribution in [2.45, 2.75) is 45.4 Å². The first-order valence-electron chi connectivity index (χ1n) is 8.60. The summed E-state index contributed by atoms with van der Waals surface area (Å²) in [5.41, 5.74) is 5.00. The second-order valence-electron chi connectivity index (χ2n) is 6.04. The van der Waals surface area contributed by atoms with Gasteiger partial charge in [0.25, 0.3) is 5.91 Å². The molecule has 27 heavy (non-hydrogen) atoms. The molecule has 1 N–H and O–H groups in total. The van der Waals surface area contributed by atoms with Gasteiger partial charge < -0.3 is 4.74 Å². The fraction of sp³-hybridized carbons (Fsp3) is 0.368. The highest BCUT2D eigenvalue weighted by atomic mass is 35.5. The molecule has 8 heteroatoms. The Labute approximate surface area is 168 Å². The number of aryl methyl sites for hydroxylation is 2. The number of carbonyl (C=O) groups is 1. The molecule has 0 spiro atoms. The molecule has 1 amide bonds. The largest absolute Gasteiger partial charge is 0.489 e. The Balaban J connectivity index is 1.85. The summed E-state index contributed by atoms with van der Waals surface area (Å²) in [4.78, 5) is 20.5. The molecule has 2 aromatic rings. The van der Waals surface area contributed by atoms with Crippen LogP contribution in [0.2, 0.25) is 5.02 Å². The van der Waals surface area contributed by atoms with Crippen molar-refractivity contribution in [1.29, 1.82) is 0 Å². The van der Waals surface area contributed by atoms with E-state index in [2.05, 4.69) is 20.5 Å². The predicted molar refractivity (Wildman–Crippen MR) is 110 cm³/mol. The van der Waals surface area contributed by atoms with Crippen LogP contribution in [0, 0.1) is 13.8 Å². The van der Waals surface area contributed by atoms with Gasteiger partial charge in [0, 0.05) is 11.4 Å². The number of benzene rings is 1. The maximum atomic E-state index is 11.9. The standard InChI is InChI=1S/C19H23ClN4O2S/c1-5-14(4)26-17-7-6-15(9-16(17)20)10-21-24-18(25)11-27-19-22-12(2)8-13(3)23-19/h6-10,14H,5,11H2,1-4H3,(H,24,25)/b21-10+. The van der Waals surface area contributed by atoms with E-state index in [9.17, 15) is 4.79 Å². The molecule has 1 aromatic carbocycles. The van der Waals surface area contributed by atoms with Crippen molar-refractivity contribution in [2.24, 2.45) is 5.10 Å². The molecule has 1 heterocycles. The normalized spacial score (nSPS) is 12.2. The average Bonchev–Trinajstić information content (AvgIpc) is 2.61. The quantitative estimate of drug-likeness (QED) is 0.308. The van der Waals surface area contributed by atoms with Gasteiger partial charge in [-0.15, -0.1) is 0 Å². The molecule has 6 nitrogen and oxygen atoms in total. The van der Waals surface area contributed by atoms with Gasteiger partial charge in [0.15, 0.2) is 5.16 Å². The molecule has 1 unspecified atom stereocenters. The SMILES string of the molecule is CCC(C)Oc1ccc(/C=N/NC(=O)CSc2nc(C)cc(C)n2)cc1Cl. The Kier molecular flexibility index (Phi) is 8.06. The van der Waals surface area contributed by atoms with Crippen molar-refractivity contribution in [3.05, 3.63) is 46.2 Å². The zero-order valence-electron chi connectivity index (χ0n) is 15.8. The summed E-state index contributed by atoms with van der Waals surface area (Å²) in [5.74, 6) is 0.585. The number of nitrogens with zero attached hydrogens (tertiary/aromatic N) is 3. The fourth-order valence-corrected chi connectivity index (χ4v) is 3.07. The summed E-state index contributed by atoms with van der Waals surface area (Å²) in [6.07, 6.45) is 2.53. The molecular formula is C19H23ClN4O2S. The van der Waals surface area contributed by atoms with Crippen LogP contribution in [0.1, 0.15) is 37.2 Å². The zero-order chi connectivity index (χ0) is 19.8. The topological polar surface area (TPSA) is 76.5 Å². The number of rotatable bonds is 8. The molecule has 0 aliphatic heterocycles. The average molecular weight is 407 g/mol. The van der Waals surface area contributed by atoms with Gasteiger partial charge in [-0.3, -0.25) is 4.79 Å². The molecule has 0 fully saturated rings. The predicted octanol–water partition coefficient (Wildman–Crippen LogP) is 4.17. The molecule has 0 aliphatic rings. The molecule has 1 atom stereocenters.